The van der Waals surface area contributed by atoms with Crippen molar-refractivity contribution >= 4 is 17.4 Å². The number of amides is 2. The molecule has 2 aliphatic heterocycles. The molecule has 0 saturated carbocycles. The Balaban J connectivity index is 1.32. The molecule has 32 heavy (non-hydrogen) atoms. The van der Waals surface area contributed by atoms with E-state index in [2.05, 4.69) is 22.3 Å². The minimum atomic E-state index is -4.34. The van der Waals surface area contributed by atoms with Gasteiger partial charge in [0.1, 0.15) is 0 Å². The van der Waals surface area contributed by atoms with Crippen molar-refractivity contribution in [1.29, 1.82) is 0 Å². The molecule has 1 unspecified atom stereocenters. The smallest absolute Gasteiger partial charge is 0.371 e. The molecule has 2 heterocycles. The summed E-state index contributed by atoms with van der Waals surface area (Å²) in [4.78, 5) is 18.9. The maximum atomic E-state index is 12.8. The van der Waals surface area contributed by atoms with Gasteiger partial charge in [-0.3, -0.25) is 0 Å². The number of urea groups is 1. The lowest BCUT2D eigenvalue weighted by molar-refractivity contribution is -0.137. The molecule has 0 aliphatic carbocycles. The largest absolute Gasteiger partial charge is 0.416 e. The molecule has 2 amide bonds. The Bertz CT molecular complexity index is 926. The zero-order valence-corrected chi connectivity index (χ0v) is 18.2. The van der Waals surface area contributed by atoms with Crippen LogP contribution < -0.4 is 15.1 Å². The van der Waals surface area contributed by atoms with Gasteiger partial charge >= 0.3 is 12.2 Å². The summed E-state index contributed by atoms with van der Waals surface area (Å²) in [7, 11) is 1.79. The van der Waals surface area contributed by atoms with Crippen LogP contribution in [0, 0.1) is 0 Å². The topological polar surface area (TPSA) is 38.8 Å². The van der Waals surface area contributed by atoms with Crippen LogP contribution in [0.25, 0.3) is 0 Å². The molecule has 0 spiro atoms. The third-order valence-electron chi connectivity index (χ3n) is 6.27. The third kappa shape index (κ3) is 5.11. The summed E-state index contributed by atoms with van der Waals surface area (Å²) >= 11 is 0. The molecule has 2 aromatic rings. The first-order chi connectivity index (χ1) is 15.3. The van der Waals surface area contributed by atoms with E-state index in [-0.39, 0.29) is 12.1 Å². The second-order valence-corrected chi connectivity index (χ2v) is 8.60. The number of para-hydroxylation sites is 1. The van der Waals surface area contributed by atoms with Gasteiger partial charge in [0.05, 0.1) is 5.56 Å². The first kappa shape index (κ1) is 22.3. The van der Waals surface area contributed by atoms with Gasteiger partial charge in [-0.15, -0.1) is 0 Å². The van der Waals surface area contributed by atoms with Crippen LogP contribution >= 0.6 is 0 Å². The Morgan fingerprint density at radius 3 is 2.41 bits per heavy atom. The number of alkyl halides is 3. The Morgan fingerprint density at radius 2 is 1.72 bits per heavy atom. The molecule has 5 nitrogen and oxygen atoms in total. The Kier molecular flexibility index (Phi) is 6.48. The molecule has 4 rings (SSSR count). The molecule has 172 valence electrons. The van der Waals surface area contributed by atoms with Crippen LogP contribution in [-0.2, 0) is 12.7 Å². The SMILES string of the molecule is CN(Cc1ccccc1N1CCCC1)C(=O)NC1CCN(c2ccc(C(F)(F)F)cc2)C1. The molecule has 2 fully saturated rings. The van der Waals surface area contributed by atoms with Gasteiger partial charge in [-0.1, -0.05) is 18.2 Å². The Morgan fingerprint density at radius 1 is 1.03 bits per heavy atom. The first-order valence-corrected chi connectivity index (χ1v) is 11.1. The highest BCUT2D eigenvalue weighted by Gasteiger charge is 2.31. The monoisotopic (exact) mass is 446 g/mol. The number of carbonyl (C=O) groups excluding carboxylic acids is 1. The Hall–Kier alpha value is -2.90. The summed E-state index contributed by atoms with van der Waals surface area (Å²) in [6, 6.07) is 13.2. The van der Waals surface area contributed by atoms with Crippen molar-refractivity contribution in [3.8, 4) is 0 Å². The average Bonchev–Trinajstić information content (AvgIpc) is 3.46. The van der Waals surface area contributed by atoms with E-state index >= 15 is 0 Å². The van der Waals surface area contributed by atoms with Gasteiger partial charge in [0, 0.05) is 57.2 Å². The number of halogens is 3. The summed E-state index contributed by atoms with van der Waals surface area (Å²) in [6.07, 6.45) is -1.19. The van der Waals surface area contributed by atoms with Gasteiger partial charge in [-0.05, 0) is 55.2 Å². The predicted octanol–water partition coefficient (Wildman–Crippen LogP) is 4.73. The maximum Gasteiger partial charge on any atom is 0.416 e. The highest BCUT2D eigenvalue weighted by Crippen LogP contribution is 2.31. The second kappa shape index (κ2) is 9.30. The van der Waals surface area contributed by atoms with Crippen LogP contribution in [0.4, 0.5) is 29.3 Å². The normalized spacial score (nSPS) is 18.8. The zero-order valence-electron chi connectivity index (χ0n) is 18.2. The fourth-order valence-electron chi connectivity index (χ4n) is 4.50. The number of benzene rings is 2. The van der Waals surface area contributed by atoms with Crippen LogP contribution in [0.15, 0.2) is 48.5 Å². The van der Waals surface area contributed by atoms with Gasteiger partial charge in [0.15, 0.2) is 0 Å². The molecule has 0 bridgehead atoms. The predicted molar refractivity (Wildman–Crippen MR) is 120 cm³/mol. The maximum absolute atomic E-state index is 12.8. The average molecular weight is 447 g/mol. The van der Waals surface area contributed by atoms with Crippen molar-refractivity contribution in [3.05, 3.63) is 59.7 Å². The van der Waals surface area contributed by atoms with Gasteiger partial charge in [-0.25, -0.2) is 4.79 Å². The van der Waals surface area contributed by atoms with Crippen molar-refractivity contribution in [2.24, 2.45) is 0 Å². The zero-order chi connectivity index (χ0) is 22.7. The fraction of sp³-hybridized carbons (Fsp3) is 0.458. The van der Waals surface area contributed by atoms with Gasteiger partial charge < -0.3 is 20.0 Å². The van der Waals surface area contributed by atoms with E-state index in [0.717, 1.165) is 42.9 Å². The van der Waals surface area contributed by atoms with Gasteiger partial charge in [0.25, 0.3) is 0 Å². The molecule has 2 aliphatic rings. The molecular weight excluding hydrogens is 417 g/mol. The van der Waals surface area contributed by atoms with Gasteiger partial charge in [0.2, 0.25) is 0 Å². The second-order valence-electron chi connectivity index (χ2n) is 8.60. The fourth-order valence-corrected chi connectivity index (χ4v) is 4.50. The number of rotatable bonds is 5. The number of anilines is 2. The van der Waals surface area contributed by atoms with E-state index < -0.39 is 11.7 Å². The molecule has 0 aromatic heterocycles. The molecule has 1 N–H and O–H groups in total. The minimum absolute atomic E-state index is 0.0407. The van der Waals surface area contributed by atoms with Crippen molar-refractivity contribution in [2.75, 3.05) is 43.0 Å². The number of nitrogens with one attached hydrogen (secondary N) is 1. The molecule has 8 heteroatoms. The third-order valence-corrected chi connectivity index (χ3v) is 6.27. The number of hydrogen-bond donors (Lipinski definition) is 1. The molecule has 2 saturated heterocycles. The van der Waals surface area contributed by atoms with E-state index in [9.17, 15) is 18.0 Å². The van der Waals surface area contributed by atoms with E-state index in [1.54, 1.807) is 11.9 Å². The lowest BCUT2D eigenvalue weighted by Crippen LogP contribution is -2.44. The van der Waals surface area contributed by atoms with E-state index in [0.29, 0.717) is 19.6 Å². The number of hydrogen-bond acceptors (Lipinski definition) is 3. The highest BCUT2D eigenvalue weighted by molar-refractivity contribution is 5.75. The van der Waals surface area contributed by atoms with E-state index in [1.165, 1.54) is 30.7 Å². The molecular formula is C24H29F3N4O. The van der Waals surface area contributed by atoms with E-state index in [4.69, 9.17) is 0 Å². The van der Waals surface area contributed by atoms with Crippen molar-refractivity contribution in [1.82, 2.24) is 10.2 Å². The number of nitrogens with zero attached hydrogens (tertiary/aromatic N) is 3. The van der Waals surface area contributed by atoms with Crippen LogP contribution in [0.3, 0.4) is 0 Å². The quantitative estimate of drug-likeness (QED) is 0.722. The summed E-state index contributed by atoms with van der Waals surface area (Å²) in [5.41, 5.74) is 2.41. The van der Waals surface area contributed by atoms with Crippen molar-refractivity contribution < 1.29 is 18.0 Å². The van der Waals surface area contributed by atoms with Crippen molar-refractivity contribution in [2.45, 2.75) is 38.0 Å². The summed E-state index contributed by atoms with van der Waals surface area (Å²) in [6.45, 7) is 3.89. The van der Waals surface area contributed by atoms with Crippen LogP contribution in [0.1, 0.15) is 30.4 Å². The lowest BCUT2D eigenvalue weighted by Gasteiger charge is -2.26. The lowest BCUT2D eigenvalue weighted by atomic mass is 10.1. The first-order valence-electron chi connectivity index (χ1n) is 11.1. The molecule has 2 aromatic carbocycles. The minimum Gasteiger partial charge on any atom is -0.371 e. The summed E-state index contributed by atoms with van der Waals surface area (Å²) in [5, 5.41) is 3.07. The van der Waals surface area contributed by atoms with E-state index in [1.807, 2.05) is 17.0 Å². The summed E-state index contributed by atoms with van der Waals surface area (Å²) < 4.78 is 38.3. The summed E-state index contributed by atoms with van der Waals surface area (Å²) in [5.74, 6) is 0. The Labute approximate surface area is 186 Å². The van der Waals surface area contributed by atoms with Crippen LogP contribution in [0.2, 0.25) is 0 Å². The van der Waals surface area contributed by atoms with Crippen LogP contribution in [0.5, 0.6) is 0 Å². The standard InChI is InChI=1S/C24H29F3N4O/c1-29(16-18-6-2-3-7-22(18)30-13-4-5-14-30)23(32)28-20-12-15-31(17-20)21-10-8-19(9-11-21)24(25,26)27/h2-3,6-11,20H,4-5,12-17H2,1H3,(H,28,32). The molecule has 0 radical (unpaired) electrons. The van der Waals surface area contributed by atoms with Gasteiger partial charge in [-0.2, -0.15) is 13.2 Å². The van der Waals surface area contributed by atoms with Crippen LogP contribution in [-0.4, -0.2) is 50.2 Å². The number of carbonyl (C=O) groups is 1. The van der Waals surface area contributed by atoms with Crippen molar-refractivity contribution in [3.63, 3.8) is 0 Å². The molecule has 1 atom stereocenters. The highest BCUT2D eigenvalue weighted by atomic mass is 19.4.